The van der Waals surface area contributed by atoms with Crippen molar-refractivity contribution < 1.29 is 23.9 Å². The summed E-state index contributed by atoms with van der Waals surface area (Å²) >= 11 is 5.50. The van der Waals surface area contributed by atoms with Crippen LogP contribution in [0.1, 0.15) is 16.8 Å². The molecule has 1 aromatic rings. The van der Waals surface area contributed by atoms with Gasteiger partial charge in [0, 0.05) is 0 Å². The lowest BCUT2D eigenvalue weighted by Gasteiger charge is -2.13. The normalized spacial score (nSPS) is 11.7. The Morgan fingerprint density at radius 1 is 1.42 bits per heavy atom. The molecule has 0 saturated carbocycles. The molecule has 1 aromatic carbocycles. The SMILES string of the molecule is NC(=O)C[C@H](NC(=O)c1cccc(Cl)c1F)C(=O)O. The largest absolute Gasteiger partial charge is 0.480 e. The molecular formula is C11H10ClFN2O4. The maximum absolute atomic E-state index is 13.5. The van der Waals surface area contributed by atoms with Crippen molar-refractivity contribution in [3.8, 4) is 0 Å². The molecule has 0 aromatic heterocycles. The predicted octanol–water partition coefficient (Wildman–Crippen LogP) is 0.537. The lowest BCUT2D eigenvalue weighted by atomic mass is 10.1. The summed E-state index contributed by atoms with van der Waals surface area (Å²) in [6.07, 6.45) is -0.594. The number of hydrogen-bond donors (Lipinski definition) is 3. The van der Waals surface area contributed by atoms with Crippen LogP contribution in [0.15, 0.2) is 18.2 Å². The van der Waals surface area contributed by atoms with Crippen LogP contribution in [0, 0.1) is 5.82 Å². The third-order valence-electron chi connectivity index (χ3n) is 2.20. The molecule has 0 radical (unpaired) electrons. The van der Waals surface area contributed by atoms with Crippen LogP contribution in [0.2, 0.25) is 5.02 Å². The van der Waals surface area contributed by atoms with Crippen LogP contribution >= 0.6 is 11.6 Å². The highest BCUT2D eigenvalue weighted by Gasteiger charge is 2.24. The molecule has 0 aliphatic carbocycles. The molecule has 19 heavy (non-hydrogen) atoms. The Morgan fingerprint density at radius 2 is 2.05 bits per heavy atom. The van der Waals surface area contributed by atoms with Crippen molar-refractivity contribution in [2.75, 3.05) is 0 Å². The second-order valence-corrected chi connectivity index (χ2v) is 4.04. The Hall–Kier alpha value is -2.15. The Kier molecular flexibility index (Phi) is 4.82. The van der Waals surface area contributed by atoms with E-state index in [1.807, 2.05) is 5.32 Å². The van der Waals surface area contributed by atoms with Gasteiger partial charge < -0.3 is 16.2 Å². The van der Waals surface area contributed by atoms with Crippen LogP contribution in [0.4, 0.5) is 4.39 Å². The van der Waals surface area contributed by atoms with Gasteiger partial charge in [0.1, 0.15) is 6.04 Å². The molecule has 102 valence electrons. The van der Waals surface area contributed by atoms with Crippen LogP contribution in [0.5, 0.6) is 0 Å². The highest BCUT2D eigenvalue weighted by atomic mass is 35.5. The average molecular weight is 289 g/mol. The maximum Gasteiger partial charge on any atom is 0.326 e. The van der Waals surface area contributed by atoms with E-state index in [-0.39, 0.29) is 5.02 Å². The van der Waals surface area contributed by atoms with Crippen LogP contribution in [0.25, 0.3) is 0 Å². The second-order valence-electron chi connectivity index (χ2n) is 3.64. The zero-order valence-corrected chi connectivity index (χ0v) is 10.3. The van der Waals surface area contributed by atoms with Crippen molar-refractivity contribution in [3.63, 3.8) is 0 Å². The monoisotopic (exact) mass is 288 g/mol. The smallest absolute Gasteiger partial charge is 0.326 e. The van der Waals surface area contributed by atoms with Crippen molar-refractivity contribution in [1.82, 2.24) is 5.32 Å². The highest BCUT2D eigenvalue weighted by molar-refractivity contribution is 6.31. The summed E-state index contributed by atoms with van der Waals surface area (Å²) in [5, 5.41) is 10.5. The van der Waals surface area contributed by atoms with Gasteiger partial charge >= 0.3 is 5.97 Å². The third kappa shape index (κ3) is 3.92. The van der Waals surface area contributed by atoms with Crippen LogP contribution in [-0.2, 0) is 9.59 Å². The molecule has 1 atom stereocenters. The molecule has 2 amide bonds. The van der Waals surface area contributed by atoms with E-state index in [1.165, 1.54) is 12.1 Å². The zero-order chi connectivity index (χ0) is 14.6. The number of aliphatic carboxylic acids is 1. The number of carboxylic acids is 1. The summed E-state index contributed by atoms with van der Waals surface area (Å²) < 4.78 is 13.5. The molecule has 0 aliphatic heterocycles. The fourth-order valence-electron chi connectivity index (χ4n) is 1.32. The molecule has 0 heterocycles. The van der Waals surface area contributed by atoms with Crippen molar-refractivity contribution in [2.24, 2.45) is 5.73 Å². The van der Waals surface area contributed by atoms with E-state index in [2.05, 4.69) is 0 Å². The topological polar surface area (TPSA) is 109 Å². The van der Waals surface area contributed by atoms with Gasteiger partial charge in [0.2, 0.25) is 5.91 Å². The number of halogens is 2. The fourth-order valence-corrected chi connectivity index (χ4v) is 1.49. The molecule has 1 rings (SSSR count). The van der Waals surface area contributed by atoms with Crippen molar-refractivity contribution in [1.29, 1.82) is 0 Å². The van der Waals surface area contributed by atoms with Crippen molar-refractivity contribution in [2.45, 2.75) is 12.5 Å². The number of amides is 2. The van der Waals surface area contributed by atoms with Crippen LogP contribution < -0.4 is 11.1 Å². The lowest BCUT2D eigenvalue weighted by Crippen LogP contribution is -2.43. The summed E-state index contributed by atoms with van der Waals surface area (Å²) in [5.41, 5.74) is 4.44. The van der Waals surface area contributed by atoms with Gasteiger partial charge in [-0.3, -0.25) is 9.59 Å². The van der Waals surface area contributed by atoms with E-state index >= 15 is 0 Å². The lowest BCUT2D eigenvalue weighted by molar-refractivity contribution is -0.140. The molecule has 0 spiro atoms. The number of hydrogen-bond acceptors (Lipinski definition) is 3. The quantitative estimate of drug-likeness (QED) is 0.734. The predicted molar refractivity (Wildman–Crippen MR) is 64.1 cm³/mol. The van der Waals surface area contributed by atoms with E-state index < -0.39 is 41.6 Å². The fraction of sp³-hybridized carbons (Fsp3) is 0.182. The van der Waals surface area contributed by atoms with Gasteiger partial charge in [0.25, 0.3) is 5.91 Å². The minimum Gasteiger partial charge on any atom is -0.480 e. The third-order valence-corrected chi connectivity index (χ3v) is 2.50. The number of carboxylic acid groups (broad SMARTS) is 1. The summed E-state index contributed by atoms with van der Waals surface area (Å²) in [7, 11) is 0. The Labute approximate surface area is 112 Å². The van der Waals surface area contributed by atoms with Gasteiger partial charge in [-0.25, -0.2) is 9.18 Å². The zero-order valence-electron chi connectivity index (χ0n) is 9.52. The molecule has 0 saturated heterocycles. The number of primary amides is 1. The van der Waals surface area contributed by atoms with Gasteiger partial charge in [-0.15, -0.1) is 0 Å². The second kappa shape index (κ2) is 6.14. The number of nitrogens with one attached hydrogen (secondary N) is 1. The minimum atomic E-state index is -1.52. The summed E-state index contributed by atoms with van der Waals surface area (Å²) in [6.45, 7) is 0. The van der Waals surface area contributed by atoms with E-state index in [4.69, 9.17) is 22.4 Å². The first-order valence-corrected chi connectivity index (χ1v) is 5.46. The Balaban J connectivity index is 2.91. The first-order chi connectivity index (χ1) is 8.82. The van der Waals surface area contributed by atoms with Crippen LogP contribution in [0.3, 0.4) is 0 Å². The summed E-state index contributed by atoms with van der Waals surface area (Å²) in [4.78, 5) is 33.2. The standard InChI is InChI=1S/C11H10ClFN2O4/c12-6-3-1-2-5(9(6)13)10(17)15-7(11(18)19)4-8(14)16/h1-3,7H,4H2,(H2,14,16)(H,15,17)(H,18,19)/t7-/m0/s1. The molecule has 0 aliphatic rings. The first kappa shape index (κ1) is 14.9. The number of benzene rings is 1. The minimum absolute atomic E-state index is 0.269. The average Bonchev–Trinajstić information content (AvgIpc) is 2.31. The maximum atomic E-state index is 13.5. The highest BCUT2D eigenvalue weighted by Crippen LogP contribution is 2.17. The Morgan fingerprint density at radius 3 is 2.58 bits per heavy atom. The first-order valence-electron chi connectivity index (χ1n) is 5.09. The van der Waals surface area contributed by atoms with Gasteiger partial charge in [-0.2, -0.15) is 0 Å². The molecule has 6 nitrogen and oxygen atoms in total. The van der Waals surface area contributed by atoms with E-state index in [9.17, 15) is 18.8 Å². The van der Waals surface area contributed by atoms with Gasteiger partial charge in [0.05, 0.1) is 17.0 Å². The Bertz CT molecular complexity index is 535. The van der Waals surface area contributed by atoms with Crippen molar-refractivity contribution in [3.05, 3.63) is 34.6 Å². The molecule has 0 unspecified atom stereocenters. The van der Waals surface area contributed by atoms with Gasteiger partial charge in [-0.05, 0) is 12.1 Å². The molecule has 8 heteroatoms. The van der Waals surface area contributed by atoms with Gasteiger partial charge in [-0.1, -0.05) is 17.7 Å². The number of carbonyl (C=O) groups is 3. The molecular weight excluding hydrogens is 279 g/mol. The number of rotatable bonds is 5. The summed E-state index contributed by atoms with van der Waals surface area (Å²) in [6, 6.07) is 2.19. The van der Waals surface area contributed by atoms with Crippen LogP contribution in [-0.4, -0.2) is 28.9 Å². The van der Waals surface area contributed by atoms with E-state index in [0.717, 1.165) is 6.07 Å². The summed E-state index contributed by atoms with van der Waals surface area (Å²) in [5.74, 6) is -4.31. The van der Waals surface area contributed by atoms with Gasteiger partial charge in [0.15, 0.2) is 5.82 Å². The number of nitrogens with two attached hydrogens (primary N) is 1. The molecule has 4 N–H and O–H groups in total. The van der Waals surface area contributed by atoms with E-state index in [0.29, 0.717) is 0 Å². The van der Waals surface area contributed by atoms with Crippen molar-refractivity contribution >= 4 is 29.4 Å². The molecule has 0 fully saturated rings. The molecule has 0 bridgehead atoms. The number of carbonyl (C=O) groups excluding carboxylic acids is 2. The van der Waals surface area contributed by atoms with E-state index in [1.54, 1.807) is 0 Å².